The van der Waals surface area contributed by atoms with E-state index < -0.39 is 0 Å². The first kappa shape index (κ1) is 12.3. The van der Waals surface area contributed by atoms with Crippen molar-refractivity contribution in [2.75, 3.05) is 0 Å². The lowest BCUT2D eigenvalue weighted by Crippen LogP contribution is -1.94. The normalized spacial score (nSPS) is 11.7. The number of aromatic hydroxyl groups is 1. The van der Waals surface area contributed by atoms with E-state index in [1.165, 1.54) is 0 Å². The van der Waals surface area contributed by atoms with Gasteiger partial charge in [0.2, 0.25) is 5.78 Å². The van der Waals surface area contributed by atoms with E-state index in [2.05, 4.69) is 27.2 Å². The lowest BCUT2D eigenvalue weighted by molar-refractivity contribution is 0.475. The Hall–Kier alpha value is -3.27. The molecule has 4 nitrogen and oxygen atoms in total. The van der Waals surface area contributed by atoms with Crippen LogP contribution >= 0.6 is 0 Å². The van der Waals surface area contributed by atoms with Crippen LogP contribution in [0, 0.1) is 0 Å². The number of fused-ring (bicyclic) bond motifs is 5. The average Bonchev–Trinajstić information content (AvgIpc) is 3.09. The van der Waals surface area contributed by atoms with Crippen molar-refractivity contribution in [2.24, 2.45) is 0 Å². The van der Waals surface area contributed by atoms with Crippen molar-refractivity contribution in [2.45, 2.75) is 0 Å². The van der Waals surface area contributed by atoms with Crippen LogP contribution in [0.5, 0.6) is 5.75 Å². The first-order valence-electron chi connectivity index (χ1n) is 7.49. The molecule has 0 bridgehead atoms. The van der Waals surface area contributed by atoms with Crippen molar-refractivity contribution in [1.82, 2.24) is 14.0 Å². The van der Waals surface area contributed by atoms with Gasteiger partial charge in [-0.3, -0.25) is 8.97 Å². The molecule has 0 radical (unpaired) electrons. The van der Waals surface area contributed by atoms with Gasteiger partial charge in [-0.1, -0.05) is 30.3 Å². The molecule has 0 atom stereocenters. The number of imidazole rings is 2. The molecular weight excluding hydrogens is 286 g/mol. The summed E-state index contributed by atoms with van der Waals surface area (Å²) in [5.74, 6) is 1.09. The number of aromatic nitrogens is 3. The molecule has 5 rings (SSSR count). The highest BCUT2D eigenvalue weighted by molar-refractivity contribution is 5.92. The van der Waals surface area contributed by atoms with Gasteiger partial charge in [-0.2, -0.15) is 0 Å². The van der Waals surface area contributed by atoms with E-state index in [9.17, 15) is 5.11 Å². The third kappa shape index (κ3) is 1.63. The summed E-state index contributed by atoms with van der Waals surface area (Å²) in [5.41, 5.74) is 5.09. The second-order valence-corrected chi connectivity index (χ2v) is 5.58. The van der Waals surface area contributed by atoms with Crippen LogP contribution in [0.2, 0.25) is 0 Å². The van der Waals surface area contributed by atoms with E-state index in [0.29, 0.717) is 0 Å². The number of phenols is 1. The molecule has 0 unspecified atom stereocenters. The number of hydrogen-bond donors (Lipinski definition) is 1. The molecule has 1 N–H and O–H groups in total. The Morgan fingerprint density at radius 1 is 0.739 bits per heavy atom. The molecule has 3 aromatic carbocycles. The van der Waals surface area contributed by atoms with Crippen molar-refractivity contribution in [3.63, 3.8) is 0 Å². The second-order valence-electron chi connectivity index (χ2n) is 5.58. The van der Waals surface area contributed by atoms with Crippen molar-refractivity contribution in [3.8, 4) is 11.4 Å². The van der Waals surface area contributed by atoms with Crippen LogP contribution in [-0.2, 0) is 0 Å². The predicted octanol–water partition coefficient (Wildman–Crippen LogP) is 4.14. The van der Waals surface area contributed by atoms with Gasteiger partial charge in [0, 0.05) is 6.07 Å². The molecular formula is C19H13N3O. The number of nitrogens with zero attached hydrogens (tertiary/aromatic N) is 3. The first-order valence-corrected chi connectivity index (χ1v) is 7.49. The van der Waals surface area contributed by atoms with Gasteiger partial charge in [0.25, 0.3) is 0 Å². The quantitative estimate of drug-likeness (QED) is 0.505. The van der Waals surface area contributed by atoms with Gasteiger partial charge in [-0.25, -0.2) is 4.98 Å². The molecule has 110 valence electrons. The summed E-state index contributed by atoms with van der Waals surface area (Å²) >= 11 is 0. The van der Waals surface area contributed by atoms with Gasteiger partial charge in [0.1, 0.15) is 5.75 Å². The number of rotatable bonds is 1. The molecule has 2 aromatic heterocycles. The zero-order chi connectivity index (χ0) is 15.4. The highest BCUT2D eigenvalue weighted by atomic mass is 16.3. The lowest BCUT2D eigenvalue weighted by atomic mass is 10.2. The molecule has 0 aliphatic rings. The summed E-state index contributed by atoms with van der Waals surface area (Å²) in [6.07, 6.45) is 0. The minimum absolute atomic E-state index is 0.245. The maximum atomic E-state index is 9.86. The standard InChI is InChI=1S/C19H13N3O/c23-14-7-5-6-13(12-14)21-17-10-3-4-11-18(17)22-16-9-2-1-8-15(16)20-19(21)22/h1-12,23H. The van der Waals surface area contributed by atoms with E-state index >= 15 is 0 Å². The van der Waals surface area contributed by atoms with Crippen molar-refractivity contribution in [1.29, 1.82) is 0 Å². The van der Waals surface area contributed by atoms with Crippen LogP contribution in [0.4, 0.5) is 0 Å². The molecule has 23 heavy (non-hydrogen) atoms. The van der Waals surface area contributed by atoms with Crippen LogP contribution < -0.4 is 0 Å². The van der Waals surface area contributed by atoms with Crippen molar-refractivity contribution >= 4 is 27.8 Å². The fourth-order valence-electron chi connectivity index (χ4n) is 3.24. The zero-order valence-electron chi connectivity index (χ0n) is 12.2. The summed E-state index contributed by atoms with van der Waals surface area (Å²) in [4.78, 5) is 4.80. The fraction of sp³-hybridized carbons (Fsp3) is 0. The largest absolute Gasteiger partial charge is 0.508 e. The Kier molecular flexibility index (Phi) is 2.33. The van der Waals surface area contributed by atoms with Gasteiger partial charge in [0.15, 0.2) is 0 Å². The van der Waals surface area contributed by atoms with E-state index in [0.717, 1.165) is 33.5 Å². The minimum atomic E-state index is 0.245. The van der Waals surface area contributed by atoms with Crippen LogP contribution in [-0.4, -0.2) is 19.1 Å². The summed E-state index contributed by atoms with van der Waals surface area (Å²) in [5, 5.41) is 9.86. The molecule has 0 amide bonds. The van der Waals surface area contributed by atoms with E-state index in [1.807, 2.05) is 42.5 Å². The third-order valence-electron chi connectivity index (χ3n) is 4.19. The molecule has 0 aliphatic heterocycles. The average molecular weight is 299 g/mol. The highest BCUT2D eigenvalue weighted by Crippen LogP contribution is 2.29. The van der Waals surface area contributed by atoms with Gasteiger partial charge in [0.05, 0.1) is 27.8 Å². The first-order chi connectivity index (χ1) is 11.3. The highest BCUT2D eigenvalue weighted by Gasteiger charge is 2.16. The van der Waals surface area contributed by atoms with Crippen LogP contribution in [0.3, 0.4) is 0 Å². The SMILES string of the molecule is Oc1cccc(-n2c3ccccc3n3c4ccccc4nc23)c1. The van der Waals surface area contributed by atoms with Crippen molar-refractivity contribution < 1.29 is 5.11 Å². The Bertz CT molecular complexity index is 1180. The molecule has 0 aliphatic carbocycles. The molecule has 5 aromatic rings. The second kappa shape index (κ2) is 4.36. The fourth-order valence-corrected chi connectivity index (χ4v) is 3.24. The molecule has 4 heteroatoms. The maximum Gasteiger partial charge on any atom is 0.220 e. The number of para-hydroxylation sites is 4. The van der Waals surface area contributed by atoms with E-state index in [4.69, 9.17) is 4.98 Å². The Balaban J connectivity index is 2.04. The lowest BCUT2D eigenvalue weighted by Gasteiger charge is -2.05. The van der Waals surface area contributed by atoms with Gasteiger partial charge >= 0.3 is 0 Å². The Morgan fingerprint density at radius 3 is 2.30 bits per heavy atom. The summed E-state index contributed by atoms with van der Waals surface area (Å²) in [6, 6.07) is 23.6. The minimum Gasteiger partial charge on any atom is -0.508 e. The topological polar surface area (TPSA) is 42.5 Å². The summed E-state index contributed by atoms with van der Waals surface area (Å²) in [6.45, 7) is 0. The predicted molar refractivity (Wildman–Crippen MR) is 91.2 cm³/mol. The van der Waals surface area contributed by atoms with Gasteiger partial charge in [-0.15, -0.1) is 0 Å². The smallest absolute Gasteiger partial charge is 0.220 e. The van der Waals surface area contributed by atoms with Crippen LogP contribution in [0.15, 0.2) is 72.8 Å². The van der Waals surface area contributed by atoms with Crippen LogP contribution in [0.25, 0.3) is 33.5 Å². The Labute approximate surface area is 131 Å². The van der Waals surface area contributed by atoms with Gasteiger partial charge < -0.3 is 5.11 Å². The number of benzene rings is 3. The zero-order valence-corrected chi connectivity index (χ0v) is 12.2. The molecule has 0 spiro atoms. The van der Waals surface area contributed by atoms with E-state index in [1.54, 1.807) is 12.1 Å². The number of hydrogen-bond acceptors (Lipinski definition) is 2. The van der Waals surface area contributed by atoms with E-state index in [-0.39, 0.29) is 5.75 Å². The van der Waals surface area contributed by atoms with Gasteiger partial charge in [-0.05, 0) is 36.4 Å². The molecule has 0 fully saturated rings. The molecule has 0 saturated heterocycles. The molecule has 2 heterocycles. The number of phenolic OH excluding ortho intramolecular Hbond substituents is 1. The van der Waals surface area contributed by atoms with Crippen molar-refractivity contribution in [3.05, 3.63) is 72.8 Å². The summed E-state index contributed by atoms with van der Waals surface area (Å²) in [7, 11) is 0. The molecule has 0 saturated carbocycles. The maximum absolute atomic E-state index is 9.86. The summed E-state index contributed by atoms with van der Waals surface area (Å²) < 4.78 is 4.24. The van der Waals surface area contributed by atoms with Crippen LogP contribution in [0.1, 0.15) is 0 Å². The Morgan fingerprint density at radius 2 is 1.48 bits per heavy atom. The monoisotopic (exact) mass is 299 g/mol. The third-order valence-corrected chi connectivity index (χ3v) is 4.19.